The zero-order valence-electron chi connectivity index (χ0n) is 27.8. The molecule has 47 heavy (non-hydrogen) atoms. The van der Waals surface area contributed by atoms with Crippen LogP contribution in [0.5, 0.6) is 23.0 Å². The minimum absolute atomic E-state index is 0.0201. The number of pyridine rings is 1. The minimum atomic E-state index is -0.952. The molecular weight excluding hydrogens is 602 g/mol. The number of ether oxygens (including phenoxy) is 4. The van der Waals surface area contributed by atoms with Crippen LogP contribution >= 0.6 is 0 Å². The summed E-state index contributed by atoms with van der Waals surface area (Å²) in [5.41, 5.74) is 11.5. The van der Waals surface area contributed by atoms with Gasteiger partial charge in [0, 0.05) is 23.7 Å². The number of nitrogens with zero attached hydrogens (tertiary/aromatic N) is 1. The molecule has 252 valence electrons. The van der Waals surface area contributed by atoms with E-state index < -0.39 is 29.3 Å². The summed E-state index contributed by atoms with van der Waals surface area (Å²) in [6.45, 7) is 10.8. The van der Waals surface area contributed by atoms with Crippen molar-refractivity contribution in [2.45, 2.75) is 96.6 Å². The minimum Gasteiger partial charge on any atom is -0.459 e. The molecule has 1 unspecified atom stereocenters. The lowest BCUT2D eigenvalue weighted by Gasteiger charge is -2.30. The maximum Gasteiger partial charge on any atom is 0.407 e. The van der Waals surface area contributed by atoms with Gasteiger partial charge in [0.25, 0.3) is 5.91 Å². The molecule has 1 saturated carbocycles. The fraction of sp³-hybridized carbons (Fsp3) is 0.429. The fourth-order valence-electron chi connectivity index (χ4n) is 4.91. The van der Waals surface area contributed by atoms with Crippen molar-refractivity contribution in [1.29, 1.82) is 0 Å². The van der Waals surface area contributed by atoms with E-state index in [4.69, 9.17) is 30.4 Å². The summed E-state index contributed by atoms with van der Waals surface area (Å²) in [6.07, 6.45) is 3.85. The number of nitrogen functional groups attached to an aromatic ring is 1. The normalized spacial score (nSPS) is 17.2. The Morgan fingerprint density at radius 2 is 1.28 bits per heavy atom. The molecule has 1 aliphatic rings. The van der Waals surface area contributed by atoms with Crippen LogP contribution in [0, 0.1) is 0 Å². The number of nitrogens with one attached hydrogen (secondary N) is 2. The highest BCUT2D eigenvalue weighted by Crippen LogP contribution is 2.32. The van der Waals surface area contributed by atoms with E-state index in [0.717, 1.165) is 0 Å². The summed E-state index contributed by atoms with van der Waals surface area (Å²) in [4.78, 5) is 42.1. The van der Waals surface area contributed by atoms with Crippen molar-refractivity contribution in [2.75, 3.05) is 5.73 Å². The summed E-state index contributed by atoms with van der Waals surface area (Å²) >= 11 is 0. The second-order valence-corrected chi connectivity index (χ2v) is 13.6. The monoisotopic (exact) mass is 647 g/mol. The van der Waals surface area contributed by atoms with Crippen LogP contribution in [0.25, 0.3) is 0 Å². The number of benzene rings is 2. The molecule has 1 atom stereocenters. The number of hydrogen-bond donors (Lipinski definition) is 4. The van der Waals surface area contributed by atoms with Gasteiger partial charge in [0.2, 0.25) is 0 Å². The third kappa shape index (κ3) is 11.2. The van der Waals surface area contributed by atoms with Gasteiger partial charge in [-0.25, -0.2) is 14.6 Å². The summed E-state index contributed by atoms with van der Waals surface area (Å²) < 4.78 is 22.9. The van der Waals surface area contributed by atoms with Gasteiger partial charge >= 0.3 is 12.1 Å². The molecule has 0 radical (unpaired) electrons. The van der Waals surface area contributed by atoms with Gasteiger partial charge in [-0.15, -0.1) is 0 Å². The Kier molecular flexibility index (Phi) is 11.0. The van der Waals surface area contributed by atoms with E-state index in [9.17, 15) is 14.4 Å². The average Bonchev–Trinajstić information content (AvgIpc) is 2.97. The average molecular weight is 648 g/mol. The highest BCUT2D eigenvalue weighted by atomic mass is 16.6. The summed E-state index contributed by atoms with van der Waals surface area (Å²) in [7, 11) is 0. The molecule has 2 amide bonds. The number of carbonyl (C=O) groups excluding carboxylic acids is 3. The van der Waals surface area contributed by atoms with Crippen LogP contribution in [0.3, 0.4) is 0 Å². The molecule has 3 aromatic rings. The first-order chi connectivity index (χ1) is 22.0. The van der Waals surface area contributed by atoms with Crippen molar-refractivity contribution >= 4 is 23.8 Å². The number of amides is 2. The molecule has 12 heteroatoms. The number of hydrogen-bond acceptors (Lipinski definition) is 10. The van der Waals surface area contributed by atoms with Crippen LogP contribution in [-0.2, 0) is 14.3 Å². The maximum absolute atomic E-state index is 13.5. The number of rotatable bonds is 9. The van der Waals surface area contributed by atoms with Crippen molar-refractivity contribution < 1.29 is 33.3 Å². The fourth-order valence-corrected chi connectivity index (χ4v) is 4.91. The molecule has 1 fully saturated rings. The Bertz CT molecular complexity index is 1540. The van der Waals surface area contributed by atoms with E-state index in [2.05, 4.69) is 15.6 Å². The van der Waals surface area contributed by atoms with Gasteiger partial charge in [0.15, 0.2) is 0 Å². The Hall–Kier alpha value is -4.84. The lowest BCUT2D eigenvalue weighted by Crippen LogP contribution is -2.45. The molecule has 1 heterocycles. The van der Waals surface area contributed by atoms with E-state index in [1.165, 1.54) is 6.20 Å². The van der Waals surface area contributed by atoms with Gasteiger partial charge < -0.3 is 41.0 Å². The molecule has 6 N–H and O–H groups in total. The molecule has 0 spiro atoms. The Morgan fingerprint density at radius 1 is 0.745 bits per heavy atom. The number of anilines is 1. The molecule has 4 rings (SSSR count). The number of esters is 1. The lowest BCUT2D eigenvalue weighted by atomic mass is 9.91. The summed E-state index contributed by atoms with van der Waals surface area (Å²) in [6, 6.07) is 13.9. The third-order valence-electron chi connectivity index (χ3n) is 7.06. The second-order valence-electron chi connectivity index (χ2n) is 13.6. The molecular formula is C35H45N5O7. The second kappa shape index (κ2) is 14.7. The quantitative estimate of drug-likeness (QED) is 0.197. The van der Waals surface area contributed by atoms with Crippen LogP contribution in [0.1, 0.15) is 89.2 Å². The van der Waals surface area contributed by atoms with Crippen LogP contribution in [0.4, 0.5) is 10.6 Å². The zero-order valence-corrected chi connectivity index (χ0v) is 27.8. The van der Waals surface area contributed by atoms with Crippen molar-refractivity contribution in [2.24, 2.45) is 5.73 Å². The molecule has 0 aliphatic heterocycles. The molecule has 2 aromatic carbocycles. The SMILES string of the molecule is CC(C)(C)OC(=O)NC1CCC(NC(=O)c2cc(Oc3ccc(C(N)C(=O)OC(C)(C)C)cc3)cc(Oc3ccc(N)nc3)c2)CC1. The predicted octanol–water partition coefficient (Wildman–Crippen LogP) is 6.16. The van der Waals surface area contributed by atoms with Gasteiger partial charge in [-0.3, -0.25) is 4.79 Å². The van der Waals surface area contributed by atoms with Crippen molar-refractivity contribution in [1.82, 2.24) is 15.6 Å². The number of carbonyl (C=O) groups is 3. The first-order valence-electron chi connectivity index (χ1n) is 15.6. The lowest BCUT2D eigenvalue weighted by molar-refractivity contribution is -0.156. The van der Waals surface area contributed by atoms with E-state index in [1.54, 1.807) is 75.4 Å². The summed E-state index contributed by atoms with van der Waals surface area (Å²) in [5.74, 6) is 1.12. The standard InChI is InChI=1S/C35H45N5O7/c1-34(2,3)46-32(42)30(37)21-7-13-25(14-8-21)44-27-17-22(18-28(19-27)45-26-15-16-29(36)38-20-26)31(41)39-23-9-11-24(12-10-23)40-33(43)47-35(4,5)6/h7-8,13-20,23-24,30H,9-12,37H2,1-6H3,(H2,36,38)(H,39,41)(H,40,43). The van der Waals surface area contributed by atoms with Crippen LogP contribution in [-0.4, -0.2) is 46.2 Å². The molecule has 12 nitrogen and oxygen atoms in total. The Morgan fingerprint density at radius 3 is 1.81 bits per heavy atom. The topological polar surface area (TPSA) is 177 Å². The van der Waals surface area contributed by atoms with E-state index >= 15 is 0 Å². The van der Waals surface area contributed by atoms with Crippen molar-refractivity contribution in [3.8, 4) is 23.0 Å². The van der Waals surface area contributed by atoms with Gasteiger partial charge in [0.1, 0.15) is 46.1 Å². The molecule has 0 bridgehead atoms. The van der Waals surface area contributed by atoms with Gasteiger partial charge in [-0.05, 0) is 109 Å². The molecule has 1 aliphatic carbocycles. The third-order valence-corrected chi connectivity index (χ3v) is 7.06. The largest absolute Gasteiger partial charge is 0.459 e. The Balaban J connectivity index is 1.46. The zero-order chi connectivity index (χ0) is 34.4. The number of alkyl carbamates (subject to hydrolysis) is 1. The highest BCUT2D eigenvalue weighted by Gasteiger charge is 2.27. The van der Waals surface area contributed by atoms with E-state index in [1.807, 2.05) is 20.8 Å². The van der Waals surface area contributed by atoms with Crippen LogP contribution < -0.4 is 31.6 Å². The van der Waals surface area contributed by atoms with Gasteiger partial charge in [0.05, 0.1) is 6.20 Å². The van der Waals surface area contributed by atoms with E-state index in [0.29, 0.717) is 65.6 Å². The van der Waals surface area contributed by atoms with E-state index in [-0.39, 0.29) is 18.0 Å². The summed E-state index contributed by atoms with van der Waals surface area (Å²) in [5, 5.41) is 6.02. The molecule has 0 saturated heterocycles. The van der Waals surface area contributed by atoms with Crippen LogP contribution in [0.15, 0.2) is 60.8 Å². The first kappa shape index (κ1) is 35.0. The highest BCUT2D eigenvalue weighted by molar-refractivity contribution is 5.95. The predicted molar refractivity (Wildman–Crippen MR) is 177 cm³/mol. The maximum atomic E-state index is 13.5. The molecule has 1 aromatic heterocycles. The smallest absolute Gasteiger partial charge is 0.407 e. The van der Waals surface area contributed by atoms with Gasteiger partial charge in [-0.2, -0.15) is 0 Å². The number of nitrogens with two attached hydrogens (primary N) is 2. The van der Waals surface area contributed by atoms with Crippen LogP contribution in [0.2, 0.25) is 0 Å². The Labute approximate surface area is 275 Å². The van der Waals surface area contributed by atoms with Crippen molar-refractivity contribution in [3.63, 3.8) is 0 Å². The van der Waals surface area contributed by atoms with Gasteiger partial charge in [-0.1, -0.05) is 12.1 Å². The van der Waals surface area contributed by atoms with Crippen molar-refractivity contribution in [3.05, 3.63) is 71.9 Å². The first-order valence-corrected chi connectivity index (χ1v) is 15.6. The number of aromatic nitrogens is 1.